The molecule has 124 valence electrons. The molecule has 0 unspecified atom stereocenters. The summed E-state index contributed by atoms with van der Waals surface area (Å²) in [5.41, 5.74) is 2.59. The molecule has 4 aromatic rings. The third-order valence-electron chi connectivity index (χ3n) is 3.95. The van der Waals surface area contributed by atoms with Crippen molar-refractivity contribution in [3.63, 3.8) is 0 Å². The molecule has 0 atom stereocenters. The van der Waals surface area contributed by atoms with E-state index < -0.39 is 0 Å². The molecular weight excluding hydrogens is 314 g/mol. The maximum absolute atomic E-state index is 9.61. The molecule has 0 saturated carbocycles. The number of aliphatic hydroxyl groups excluding tert-OH is 1. The first-order valence-electron chi connectivity index (χ1n) is 8.03. The molecule has 0 aliphatic carbocycles. The van der Waals surface area contributed by atoms with Crippen LogP contribution in [0, 0.1) is 0 Å². The highest BCUT2D eigenvalue weighted by atomic mass is 16.3. The molecule has 4 rings (SSSR count). The van der Waals surface area contributed by atoms with Gasteiger partial charge in [-0.3, -0.25) is 0 Å². The van der Waals surface area contributed by atoms with Crippen LogP contribution in [0.3, 0.4) is 0 Å². The van der Waals surface area contributed by atoms with Crippen molar-refractivity contribution in [2.45, 2.75) is 13.2 Å². The SMILES string of the molecule is OCc1cc2ccccc2nc1NCc1ncn(-c2ccccc2)n1. The number of hydrogen-bond donors (Lipinski definition) is 2. The van der Waals surface area contributed by atoms with Gasteiger partial charge >= 0.3 is 0 Å². The van der Waals surface area contributed by atoms with Gasteiger partial charge in [-0.2, -0.15) is 0 Å². The first-order valence-corrected chi connectivity index (χ1v) is 8.03. The first kappa shape index (κ1) is 15.3. The van der Waals surface area contributed by atoms with Crippen molar-refractivity contribution in [1.82, 2.24) is 19.7 Å². The minimum atomic E-state index is -0.0773. The molecule has 0 amide bonds. The van der Waals surface area contributed by atoms with Crippen molar-refractivity contribution in [2.24, 2.45) is 0 Å². The zero-order valence-corrected chi connectivity index (χ0v) is 13.5. The summed E-state index contributed by atoms with van der Waals surface area (Å²) in [6, 6.07) is 19.6. The van der Waals surface area contributed by atoms with Gasteiger partial charge in [0, 0.05) is 10.9 Å². The summed E-state index contributed by atoms with van der Waals surface area (Å²) >= 11 is 0. The van der Waals surface area contributed by atoms with Gasteiger partial charge in [-0.15, -0.1) is 5.10 Å². The van der Waals surface area contributed by atoms with E-state index in [1.54, 1.807) is 11.0 Å². The van der Waals surface area contributed by atoms with Gasteiger partial charge in [0.15, 0.2) is 5.82 Å². The largest absolute Gasteiger partial charge is 0.392 e. The van der Waals surface area contributed by atoms with Crippen LogP contribution in [0.5, 0.6) is 0 Å². The number of aliphatic hydroxyl groups is 1. The van der Waals surface area contributed by atoms with Gasteiger partial charge in [0.25, 0.3) is 0 Å². The van der Waals surface area contributed by atoms with E-state index in [-0.39, 0.29) is 6.61 Å². The lowest BCUT2D eigenvalue weighted by molar-refractivity contribution is 0.282. The molecule has 0 aliphatic rings. The van der Waals surface area contributed by atoms with E-state index in [0.717, 1.165) is 22.2 Å². The maximum atomic E-state index is 9.61. The quantitative estimate of drug-likeness (QED) is 0.588. The topological polar surface area (TPSA) is 75.9 Å². The molecule has 25 heavy (non-hydrogen) atoms. The minimum Gasteiger partial charge on any atom is -0.392 e. The Labute approximate surface area is 144 Å². The van der Waals surface area contributed by atoms with Crippen LogP contribution in [-0.4, -0.2) is 24.9 Å². The van der Waals surface area contributed by atoms with Crippen molar-refractivity contribution < 1.29 is 5.11 Å². The van der Waals surface area contributed by atoms with Gasteiger partial charge in [0.1, 0.15) is 12.1 Å². The van der Waals surface area contributed by atoms with Crippen LogP contribution in [0.15, 0.2) is 67.0 Å². The molecule has 0 spiro atoms. The predicted octanol–water partition coefficient (Wildman–Crippen LogP) is 2.92. The summed E-state index contributed by atoms with van der Waals surface area (Å²) in [6.45, 7) is 0.351. The summed E-state index contributed by atoms with van der Waals surface area (Å²) in [7, 11) is 0. The number of benzene rings is 2. The van der Waals surface area contributed by atoms with Gasteiger partial charge in [-0.1, -0.05) is 36.4 Å². The second-order valence-corrected chi connectivity index (χ2v) is 5.64. The molecule has 0 radical (unpaired) electrons. The average molecular weight is 331 g/mol. The lowest BCUT2D eigenvalue weighted by atomic mass is 10.1. The minimum absolute atomic E-state index is 0.0773. The van der Waals surface area contributed by atoms with Crippen molar-refractivity contribution in [1.29, 1.82) is 0 Å². The summed E-state index contributed by atoms with van der Waals surface area (Å²) in [6.07, 6.45) is 1.69. The fourth-order valence-corrected chi connectivity index (χ4v) is 2.68. The fourth-order valence-electron chi connectivity index (χ4n) is 2.68. The van der Waals surface area contributed by atoms with Crippen molar-refractivity contribution in [3.8, 4) is 5.69 Å². The molecule has 2 aromatic heterocycles. The highest BCUT2D eigenvalue weighted by Gasteiger charge is 2.08. The van der Waals surface area contributed by atoms with Gasteiger partial charge in [-0.05, 0) is 24.3 Å². The second kappa shape index (κ2) is 6.70. The van der Waals surface area contributed by atoms with Gasteiger partial charge < -0.3 is 10.4 Å². The summed E-state index contributed by atoms with van der Waals surface area (Å²) in [4.78, 5) is 8.92. The number of anilines is 1. The molecule has 6 heteroatoms. The van der Waals surface area contributed by atoms with Crippen LogP contribution in [0.4, 0.5) is 5.82 Å². The van der Waals surface area contributed by atoms with Crippen LogP contribution in [0.25, 0.3) is 16.6 Å². The second-order valence-electron chi connectivity index (χ2n) is 5.64. The van der Waals surface area contributed by atoms with Crippen LogP contribution in [0.2, 0.25) is 0 Å². The summed E-state index contributed by atoms with van der Waals surface area (Å²) in [5, 5.41) is 18.3. The van der Waals surface area contributed by atoms with E-state index in [4.69, 9.17) is 0 Å². The Bertz CT molecular complexity index is 997. The molecular formula is C19H17N5O. The summed E-state index contributed by atoms with van der Waals surface area (Å²) in [5.74, 6) is 1.31. The number of nitrogens with one attached hydrogen (secondary N) is 1. The average Bonchev–Trinajstić information content (AvgIpc) is 3.15. The molecule has 2 aromatic carbocycles. The monoisotopic (exact) mass is 331 g/mol. The van der Waals surface area contributed by atoms with Gasteiger partial charge in [-0.25, -0.2) is 14.6 Å². The Kier molecular flexibility index (Phi) is 4.10. The Morgan fingerprint density at radius 2 is 1.80 bits per heavy atom. The molecule has 2 heterocycles. The lowest BCUT2D eigenvalue weighted by Crippen LogP contribution is -2.07. The van der Waals surface area contributed by atoms with Gasteiger partial charge in [0.2, 0.25) is 0 Å². The van der Waals surface area contributed by atoms with E-state index in [0.29, 0.717) is 18.2 Å². The van der Waals surface area contributed by atoms with Gasteiger partial charge in [0.05, 0.1) is 24.4 Å². The Hall–Kier alpha value is -3.25. The number of rotatable bonds is 5. The third kappa shape index (κ3) is 3.20. The van der Waals surface area contributed by atoms with E-state index in [1.807, 2.05) is 60.7 Å². The number of aromatic nitrogens is 4. The highest BCUT2D eigenvalue weighted by molar-refractivity contribution is 5.81. The predicted molar refractivity (Wildman–Crippen MR) is 96.4 cm³/mol. The Morgan fingerprint density at radius 1 is 1.00 bits per heavy atom. The first-order chi connectivity index (χ1) is 12.3. The normalized spacial score (nSPS) is 10.9. The maximum Gasteiger partial charge on any atom is 0.170 e. The van der Waals surface area contributed by atoms with Crippen molar-refractivity contribution >= 4 is 16.7 Å². The lowest BCUT2D eigenvalue weighted by Gasteiger charge is -2.10. The van der Waals surface area contributed by atoms with E-state index in [9.17, 15) is 5.11 Å². The Morgan fingerprint density at radius 3 is 2.64 bits per heavy atom. The Balaban J connectivity index is 1.55. The summed E-state index contributed by atoms with van der Waals surface area (Å²) < 4.78 is 1.73. The molecule has 0 aliphatic heterocycles. The molecule has 0 saturated heterocycles. The fraction of sp³-hybridized carbons (Fsp3) is 0.105. The number of hydrogen-bond acceptors (Lipinski definition) is 5. The van der Waals surface area contributed by atoms with Crippen LogP contribution in [-0.2, 0) is 13.2 Å². The van der Waals surface area contributed by atoms with E-state index in [2.05, 4.69) is 20.4 Å². The molecule has 2 N–H and O–H groups in total. The van der Waals surface area contributed by atoms with Crippen LogP contribution in [0.1, 0.15) is 11.4 Å². The molecule has 0 fully saturated rings. The van der Waals surface area contributed by atoms with Crippen molar-refractivity contribution in [2.75, 3.05) is 5.32 Å². The zero-order valence-electron chi connectivity index (χ0n) is 13.5. The highest BCUT2D eigenvalue weighted by Crippen LogP contribution is 2.20. The van der Waals surface area contributed by atoms with Crippen LogP contribution >= 0.6 is 0 Å². The number of para-hydroxylation sites is 2. The van der Waals surface area contributed by atoms with E-state index in [1.165, 1.54) is 0 Å². The number of pyridine rings is 1. The van der Waals surface area contributed by atoms with E-state index >= 15 is 0 Å². The third-order valence-corrected chi connectivity index (χ3v) is 3.95. The molecule has 6 nitrogen and oxygen atoms in total. The smallest absolute Gasteiger partial charge is 0.170 e. The molecule has 0 bridgehead atoms. The standard InChI is InChI=1S/C19H17N5O/c25-12-15-10-14-6-4-5-9-17(14)22-19(15)20-11-18-21-13-24(23-18)16-7-2-1-3-8-16/h1-10,13,25H,11-12H2,(H,20,22). The number of fused-ring (bicyclic) bond motifs is 1. The zero-order chi connectivity index (χ0) is 17.1. The number of nitrogens with zero attached hydrogens (tertiary/aromatic N) is 4. The van der Waals surface area contributed by atoms with Crippen molar-refractivity contribution in [3.05, 3.63) is 78.4 Å². The van der Waals surface area contributed by atoms with Crippen LogP contribution < -0.4 is 5.32 Å².